The van der Waals surface area contributed by atoms with Crippen molar-refractivity contribution in [2.24, 2.45) is 0 Å². The lowest BCUT2D eigenvalue weighted by atomic mass is 10.0. The first-order valence-electron chi connectivity index (χ1n) is 11.5. The SMILES string of the molecule is Cc1ccc(C)c2[nH]c(=O)c(CN(CCCN3CCOCC3)C(=S)Nc3ccccc3)cc12. The molecular formula is C26H32N4O2S. The van der Waals surface area contributed by atoms with Gasteiger partial charge in [0.2, 0.25) is 0 Å². The van der Waals surface area contributed by atoms with Crippen molar-refractivity contribution in [3.05, 3.63) is 75.6 Å². The summed E-state index contributed by atoms with van der Waals surface area (Å²) in [6.07, 6.45) is 0.959. The summed E-state index contributed by atoms with van der Waals surface area (Å²) in [4.78, 5) is 20.6. The Balaban J connectivity index is 1.54. The fraction of sp³-hybridized carbons (Fsp3) is 0.385. The molecule has 1 aromatic heterocycles. The molecule has 0 bridgehead atoms. The molecule has 33 heavy (non-hydrogen) atoms. The van der Waals surface area contributed by atoms with E-state index in [9.17, 15) is 4.79 Å². The topological polar surface area (TPSA) is 60.6 Å². The van der Waals surface area contributed by atoms with Gasteiger partial charge in [0.25, 0.3) is 5.56 Å². The average Bonchev–Trinajstić information content (AvgIpc) is 2.83. The number of nitrogens with zero attached hydrogens (tertiary/aromatic N) is 2. The van der Waals surface area contributed by atoms with Crippen LogP contribution in [0.2, 0.25) is 0 Å². The monoisotopic (exact) mass is 464 g/mol. The molecule has 0 unspecified atom stereocenters. The number of fused-ring (bicyclic) bond motifs is 1. The minimum absolute atomic E-state index is 0.0584. The number of pyridine rings is 1. The van der Waals surface area contributed by atoms with Crippen molar-refractivity contribution < 1.29 is 4.74 Å². The molecule has 0 saturated carbocycles. The van der Waals surface area contributed by atoms with Crippen molar-refractivity contribution in [1.82, 2.24) is 14.8 Å². The van der Waals surface area contributed by atoms with Gasteiger partial charge in [-0.1, -0.05) is 30.3 Å². The number of thiocarbonyl (C=S) groups is 1. The van der Waals surface area contributed by atoms with E-state index in [0.29, 0.717) is 11.7 Å². The molecule has 1 aliphatic rings. The number of ether oxygens (including phenoxy) is 1. The molecular weight excluding hydrogens is 432 g/mol. The molecule has 0 atom stereocenters. The van der Waals surface area contributed by atoms with E-state index in [4.69, 9.17) is 17.0 Å². The quantitative estimate of drug-likeness (QED) is 0.514. The van der Waals surface area contributed by atoms with Gasteiger partial charge in [-0.25, -0.2) is 0 Å². The van der Waals surface area contributed by atoms with Gasteiger partial charge in [0, 0.05) is 42.8 Å². The minimum atomic E-state index is -0.0584. The molecule has 0 radical (unpaired) electrons. The smallest absolute Gasteiger partial charge is 0.253 e. The molecule has 1 saturated heterocycles. The number of para-hydroxylation sites is 1. The first-order chi connectivity index (χ1) is 16.0. The number of hydrogen-bond acceptors (Lipinski definition) is 4. The molecule has 0 aliphatic carbocycles. The van der Waals surface area contributed by atoms with E-state index < -0.39 is 0 Å². The number of morpholine rings is 1. The van der Waals surface area contributed by atoms with Gasteiger partial charge in [-0.3, -0.25) is 9.69 Å². The van der Waals surface area contributed by atoms with Crippen LogP contribution >= 0.6 is 12.2 Å². The van der Waals surface area contributed by atoms with Gasteiger partial charge in [0.05, 0.1) is 25.3 Å². The molecule has 4 rings (SSSR count). The second-order valence-electron chi connectivity index (χ2n) is 8.64. The number of benzene rings is 2. The molecule has 2 heterocycles. The average molecular weight is 465 g/mol. The fourth-order valence-electron chi connectivity index (χ4n) is 4.23. The number of nitrogens with one attached hydrogen (secondary N) is 2. The van der Waals surface area contributed by atoms with Crippen molar-refractivity contribution in [1.29, 1.82) is 0 Å². The number of rotatable bonds is 7. The number of hydrogen-bond donors (Lipinski definition) is 2. The van der Waals surface area contributed by atoms with Crippen LogP contribution in [0.1, 0.15) is 23.1 Å². The third kappa shape index (κ3) is 5.99. The van der Waals surface area contributed by atoms with Crippen LogP contribution in [-0.4, -0.2) is 59.3 Å². The Kier molecular flexibility index (Phi) is 7.75. The largest absolute Gasteiger partial charge is 0.379 e. The van der Waals surface area contributed by atoms with Gasteiger partial charge in [0.1, 0.15) is 0 Å². The lowest BCUT2D eigenvalue weighted by Gasteiger charge is -2.29. The Morgan fingerprint density at radius 1 is 1.12 bits per heavy atom. The van der Waals surface area contributed by atoms with Crippen LogP contribution in [0, 0.1) is 13.8 Å². The highest BCUT2D eigenvalue weighted by molar-refractivity contribution is 7.80. The van der Waals surface area contributed by atoms with Crippen LogP contribution in [-0.2, 0) is 11.3 Å². The summed E-state index contributed by atoms with van der Waals surface area (Å²) in [6.45, 7) is 9.83. The Hall–Kier alpha value is -2.74. The zero-order chi connectivity index (χ0) is 23.2. The highest BCUT2D eigenvalue weighted by Gasteiger charge is 2.16. The molecule has 2 aromatic carbocycles. The van der Waals surface area contributed by atoms with E-state index in [2.05, 4.69) is 33.1 Å². The predicted molar refractivity (Wildman–Crippen MR) is 139 cm³/mol. The third-order valence-corrected chi connectivity index (χ3v) is 6.56. The molecule has 7 heteroatoms. The number of aromatic nitrogens is 1. The molecule has 0 spiro atoms. The summed E-state index contributed by atoms with van der Waals surface area (Å²) in [5, 5.41) is 5.05. The van der Waals surface area contributed by atoms with Crippen molar-refractivity contribution in [2.45, 2.75) is 26.8 Å². The molecule has 1 aliphatic heterocycles. The molecule has 0 amide bonds. The van der Waals surface area contributed by atoms with E-state index in [1.165, 1.54) is 0 Å². The second-order valence-corrected chi connectivity index (χ2v) is 9.02. The first-order valence-corrected chi connectivity index (χ1v) is 12.0. The van der Waals surface area contributed by atoms with Gasteiger partial charge in [-0.05, 0) is 61.8 Å². The van der Waals surface area contributed by atoms with Crippen LogP contribution in [0.25, 0.3) is 10.9 Å². The van der Waals surface area contributed by atoms with Crippen LogP contribution in [0.4, 0.5) is 5.69 Å². The van der Waals surface area contributed by atoms with Gasteiger partial charge < -0.3 is 19.9 Å². The van der Waals surface area contributed by atoms with Crippen molar-refractivity contribution in [2.75, 3.05) is 44.7 Å². The Bertz CT molecular complexity index is 1160. The summed E-state index contributed by atoms with van der Waals surface area (Å²) >= 11 is 5.78. The lowest BCUT2D eigenvalue weighted by molar-refractivity contribution is 0.0367. The van der Waals surface area contributed by atoms with Gasteiger partial charge in [-0.15, -0.1) is 0 Å². The predicted octanol–water partition coefficient (Wildman–Crippen LogP) is 4.07. The third-order valence-electron chi connectivity index (χ3n) is 6.20. The number of anilines is 1. The second kappa shape index (κ2) is 10.9. The highest BCUT2D eigenvalue weighted by Crippen LogP contribution is 2.20. The maximum Gasteiger partial charge on any atom is 0.253 e. The zero-order valence-electron chi connectivity index (χ0n) is 19.4. The highest BCUT2D eigenvalue weighted by atomic mass is 32.1. The maximum absolute atomic E-state index is 13.0. The molecule has 1 fully saturated rings. The van der Waals surface area contributed by atoms with E-state index in [-0.39, 0.29) is 5.56 Å². The van der Waals surface area contributed by atoms with E-state index in [0.717, 1.165) is 79.1 Å². The fourth-order valence-corrected chi connectivity index (χ4v) is 4.50. The van der Waals surface area contributed by atoms with Crippen molar-refractivity contribution >= 4 is 33.9 Å². The summed E-state index contributed by atoms with van der Waals surface area (Å²) < 4.78 is 5.46. The molecule has 3 aromatic rings. The van der Waals surface area contributed by atoms with Crippen LogP contribution in [0.3, 0.4) is 0 Å². The molecule has 174 valence electrons. The van der Waals surface area contributed by atoms with Crippen molar-refractivity contribution in [3.8, 4) is 0 Å². The Labute approximate surface area is 200 Å². The maximum atomic E-state index is 13.0. The standard InChI is InChI=1S/C26H32N4O2S/c1-19-9-10-20(2)24-23(19)17-21(25(31)28-24)18-30(12-6-11-29-13-15-32-16-14-29)26(33)27-22-7-4-3-5-8-22/h3-5,7-10,17H,6,11-16,18H2,1-2H3,(H,27,33)(H,28,31). The van der Waals surface area contributed by atoms with E-state index in [1.807, 2.05) is 49.4 Å². The number of H-pyrrole nitrogens is 1. The Morgan fingerprint density at radius 3 is 2.61 bits per heavy atom. The van der Waals surface area contributed by atoms with Crippen molar-refractivity contribution in [3.63, 3.8) is 0 Å². The number of aromatic amines is 1. The summed E-state index contributed by atoms with van der Waals surface area (Å²) in [5.41, 5.74) is 4.74. The van der Waals surface area contributed by atoms with Gasteiger partial charge >= 0.3 is 0 Å². The first kappa shape index (κ1) is 23.4. The van der Waals surface area contributed by atoms with Gasteiger partial charge in [0.15, 0.2) is 5.11 Å². The molecule has 2 N–H and O–H groups in total. The van der Waals surface area contributed by atoms with Crippen LogP contribution in [0.5, 0.6) is 0 Å². The van der Waals surface area contributed by atoms with Gasteiger partial charge in [-0.2, -0.15) is 0 Å². The van der Waals surface area contributed by atoms with E-state index >= 15 is 0 Å². The summed E-state index contributed by atoms with van der Waals surface area (Å²) in [5.74, 6) is 0. The Morgan fingerprint density at radius 2 is 1.85 bits per heavy atom. The number of aryl methyl sites for hydroxylation is 2. The normalized spacial score (nSPS) is 14.4. The van der Waals surface area contributed by atoms with E-state index in [1.54, 1.807) is 0 Å². The summed E-state index contributed by atoms with van der Waals surface area (Å²) in [7, 11) is 0. The zero-order valence-corrected chi connectivity index (χ0v) is 20.2. The molecule has 6 nitrogen and oxygen atoms in total. The lowest BCUT2D eigenvalue weighted by Crippen LogP contribution is -2.40. The summed E-state index contributed by atoms with van der Waals surface area (Å²) in [6, 6.07) is 16.1. The minimum Gasteiger partial charge on any atom is -0.379 e. The van der Waals surface area contributed by atoms with Crippen LogP contribution in [0.15, 0.2) is 53.3 Å². The van der Waals surface area contributed by atoms with Crippen LogP contribution < -0.4 is 10.9 Å².